The van der Waals surface area contributed by atoms with Crippen molar-refractivity contribution in [3.05, 3.63) is 42.5 Å². The summed E-state index contributed by atoms with van der Waals surface area (Å²) in [6.07, 6.45) is 4.04. The molecule has 1 aliphatic heterocycles. The van der Waals surface area contributed by atoms with Crippen molar-refractivity contribution in [2.24, 2.45) is 0 Å². The second-order valence-corrected chi connectivity index (χ2v) is 9.31. The number of aromatic nitrogens is 3. The Hall–Kier alpha value is -2.75. The van der Waals surface area contributed by atoms with Crippen molar-refractivity contribution < 1.29 is 22.7 Å². The van der Waals surface area contributed by atoms with Gasteiger partial charge in [-0.15, -0.1) is 0 Å². The van der Waals surface area contributed by atoms with Gasteiger partial charge in [0.25, 0.3) is 5.91 Å². The highest BCUT2D eigenvalue weighted by Crippen LogP contribution is 2.21. The number of hydrogen-bond acceptors (Lipinski definition) is 7. The quantitative estimate of drug-likeness (QED) is 0.620. The third-order valence-corrected chi connectivity index (χ3v) is 6.82. The van der Waals surface area contributed by atoms with Crippen LogP contribution in [0.25, 0.3) is 5.69 Å². The van der Waals surface area contributed by atoms with Crippen LogP contribution in [-0.4, -0.2) is 70.2 Å². The van der Waals surface area contributed by atoms with E-state index in [1.807, 2.05) is 13.8 Å². The van der Waals surface area contributed by atoms with Crippen LogP contribution in [0, 0.1) is 0 Å². The molecule has 1 amide bonds. The highest BCUT2D eigenvalue weighted by molar-refractivity contribution is 7.91. The zero-order valence-corrected chi connectivity index (χ0v) is 17.2. The van der Waals surface area contributed by atoms with Crippen LogP contribution in [0.3, 0.4) is 0 Å². The fourth-order valence-corrected chi connectivity index (χ4v) is 5.09. The normalized spacial score (nSPS) is 18.9. The molecule has 1 aliphatic rings. The molecule has 0 unspecified atom stereocenters. The summed E-state index contributed by atoms with van der Waals surface area (Å²) >= 11 is 0. The van der Waals surface area contributed by atoms with E-state index >= 15 is 0 Å². The van der Waals surface area contributed by atoms with Gasteiger partial charge in [-0.3, -0.25) is 4.79 Å². The van der Waals surface area contributed by atoms with E-state index in [1.165, 1.54) is 6.33 Å². The second kappa shape index (κ2) is 8.73. The molecule has 2 aromatic rings. The van der Waals surface area contributed by atoms with E-state index in [0.29, 0.717) is 18.4 Å². The molecule has 1 fully saturated rings. The number of amides is 1. The maximum atomic E-state index is 12.7. The lowest BCUT2D eigenvalue weighted by atomic mass is 10.1. The SMILES string of the molecule is CC[C@@H](C)N(C(=O)COC(=O)c1ccc(-n2cncn2)cc1)[C@@H]1CCS(=O)(=O)C1. The van der Waals surface area contributed by atoms with Crippen molar-refractivity contribution >= 4 is 21.7 Å². The van der Waals surface area contributed by atoms with E-state index in [-0.39, 0.29) is 29.5 Å². The molecule has 2 atom stereocenters. The number of ether oxygens (including phenoxy) is 1. The van der Waals surface area contributed by atoms with Gasteiger partial charge >= 0.3 is 5.97 Å². The van der Waals surface area contributed by atoms with E-state index in [2.05, 4.69) is 10.1 Å². The summed E-state index contributed by atoms with van der Waals surface area (Å²) in [5.41, 5.74) is 1.04. The minimum absolute atomic E-state index is 0.0409. The highest BCUT2D eigenvalue weighted by Gasteiger charge is 2.36. The molecule has 1 saturated heterocycles. The molecule has 0 bridgehead atoms. The molecule has 29 heavy (non-hydrogen) atoms. The summed E-state index contributed by atoms with van der Waals surface area (Å²) in [5.74, 6) is -0.961. The molecular formula is C19H24N4O5S. The molecule has 1 aromatic carbocycles. The Balaban J connectivity index is 1.62. The lowest BCUT2D eigenvalue weighted by Crippen LogP contribution is -2.48. The van der Waals surface area contributed by atoms with Crippen molar-refractivity contribution in [2.45, 2.75) is 38.8 Å². The number of carbonyl (C=O) groups excluding carboxylic acids is 2. The maximum absolute atomic E-state index is 12.7. The maximum Gasteiger partial charge on any atom is 0.338 e. The molecular weight excluding hydrogens is 396 g/mol. The van der Waals surface area contributed by atoms with Crippen LogP contribution >= 0.6 is 0 Å². The molecule has 0 aliphatic carbocycles. The zero-order chi connectivity index (χ0) is 21.0. The average molecular weight is 420 g/mol. The summed E-state index contributed by atoms with van der Waals surface area (Å²) in [7, 11) is -3.13. The molecule has 0 radical (unpaired) electrons. The molecule has 1 aromatic heterocycles. The second-order valence-electron chi connectivity index (χ2n) is 7.08. The van der Waals surface area contributed by atoms with Crippen molar-refractivity contribution in [3.63, 3.8) is 0 Å². The predicted octanol–water partition coefficient (Wildman–Crippen LogP) is 1.24. The number of sulfone groups is 1. The van der Waals surface area contributed by atoms with E-state index in [1.54, 1.807) is 40.2 Å². The largest absolute Gasteiger partial charge is 0.452 e. The number of nitrogens with zero attached hydrogens (tertiary/aromatic N) is 4. The summed E-state index contributed by atoms with van der Waals surface area (Å²) in [5, 5.41) is 4.01. The molecule has 156 valence electrons. The van der Waals surface area contributed by atoms with Gasteiger partial charge in [-0.25, -0.2) is 22.9 Å². The highest BCUT2D eigenvalue weighted by atomic mass is 32.2. The van der Waals surface area contributed by atoms with Gasteiger partial charge in [0.2, 0.25) is 0 Å². The van der Waals surface area contributed by atoms with Crippen LogP contribution < -0.4 is 0 Å². The van der Waals surface area contributed by atoms with Gasteiger partial charge in [0.05, 0.1) is 22.8 Å². The standard InChI is InChI=1S/C19H24N4O5S/c1-3-14(2)23(17-8-9-29(26,27)11-17)18(24)10-28-19(25)15-4-6-16(7-5-15)22-13-20-12-21-22/h4-7,12-14,17H,3,8-11H2,1-2H3/t14-,17-/m1/s1. The third kappa shape index (κ3) is 5.00. The zero-order valence-electron chi connectivity index (χ0n) is 16.4. The number of carbonyl (C=O) groups is 2. The summed E-state index contributed by atoms with van der Waals surface area (Å²) in [6, 6.07) is 6.05. The van der Waals surface area contributed by atoms with Gasteiger partial charge in [0, 0.05) is 12.1 Å². The Labute approximate surface area is 169 Å². The Morgan fingerprint density at radius 1 is 1.31 bits per heavy atom. The first kappa shape index (κ1) is 21.0. The lowest BCUT2D eigenvalue weighted by Gasteiger charge is -2.33. The smallest absolute Gasteiger partial charge is 0.338 e. The van der Waals surface area contributed by atoms with Crippen LogP contribution in [0.2, 0.25) is 0 Å². The minimum Gasteiger partial charge on any atom is -0.452 e. The van der Waals surface area contributed by atoms with Gasteiger partial charge in [-0.1, -0.05) is 6.92 Å². The number of rotatable bonds is 7. The van der Waals surface area contributed by atoms with Crippen LogP contribution in [0.4, 0.5) is 0 Å². The summed E-state index contributed by atoms with van der Waals surface area (Å²) in [4.78, 5) is 30.5. The Bertz CT molecular complexity index is 957. The monoisotopic (exact) mass is 420 g/mol. The van der Waals surface area contributed by atoms with Crippen molar-refractivity contribution in [3.8, 4) is 5.69 Å². The molecule has 3 rings (SSSR count). The predicted molar refractivity (Wildman–Crippen MR) is 105 cm³/mol. The lowest BCUT2D eigenvalue weighted by molar-refractivity contribution is -0.138. The van der Waals surface area contributed by atoms with Crippen LogP contribution in [-0.2, 0) is 19.4 Å². The van der Waals surface area contributed by atoms with Crippen LogP contribution in [0.5, 0.6) is 0 Å². The van der Waals surface area contributed by atoms with Gasteiger partial charge in [0.15, 0.2) is 16.4 Å². The fourth-order valence-electron chi connectivity index (χ4n) is 3.38. The van der Waals surface area contributed by atoms with Crippen molar-refractivity contribution in [1.82, 2.24) is 19.7 Å². The van der Waals surface area contributed by atoms with E-state index in [4.69, 9.17) is 4.74 Å². The average Bonchev–Trinajstić information content (AvgIpc) is 3.36. The van der Waals surface area contributed by atoms with Gasteiger partial charge in [-0.2, -0.15) is 5.10 Å². The molecule has 0 N–H and O–H groups in total. The molecule has 0 spiro atoms. The van der Waals surface area contributed by atoms with Crippen molar-refractivity contribution in [2.75, 3.05) is 18.1 Å². The topological polar surface area (TPSA) is 111 Å². The molecule has 0 saturated carbocycles. The Kier molecular flexibility index (Phi) is 6.31. The number of hydrogen-bond donors (Lipinski definition) is 0. The Morgan fingerprint density at radius 2 is 2.03 bits per heavy atom. The van der Waals surface area contributed by atoms with Crippen LogP contribution in [0.1, 0.15) is 37.0 Å². The number of esters is 1. The van der Waals surface area contributed by atoms with Crippen LogP contribution in [0.15, 0.2) is 36.9 Å². The van der Waals surface area contributed by atoms with E-state index < -0.39 is 22.4 Å². The first-order valence-electron chi connectivity index (χ1n) is 9.44. The summed E-state index contributed by atoms with van der Waals surface area (Å²) in [6.45, 7) is 3.37. The first-order valence-corrected chi connectivity index (χ1v) is 11.3. The first-order chi connectivity index (χ1) is 13.8. The summed E-state index contributed by atoms with van der Waals surface area (Å²) < 4.78 is 30.4. The van der Waals surface area contributed by atoms with E-state index in [0.717, 1.165) is 5.69 Å². The van der Waals surface area contributed by atoms with Gasteiger partial charge in [0.1, 0.15) is 12.7 Å². The van der Waals surface area contributed by atoms with Crippen molar-refractivity contribution in [1.29, 1.82) is 0 Å². The molecule has 2 heterocycles. The van der Waals surface area contributed by atoms with E-state index in [9.17, 15) is 18.0 Å². The van der Waals surface area contributed by atoms with Gasteiger partial charge in [-0.05, 0) is 44.0 Å². The Morgan fingerprint density at radius 3 is 2.59 bits per heavy atom. The molecule has 10 heteroatoms. The number of benzene rings is 1. The minimum atomic E-state index is -3.13. The van der Waals surface area contributed by atoms with Gasteiger partial charge < -0.3 is 9.64 Å². The third-order valence-electron chi connectivity index (χ3n) is 5.07. The molecule has 9 nitrogen and oxygen atoms in total. The fraction of sp³-hybridized carbons (Fsp3) is 0.474.